The molecule has 28 heavy (non-hydrogen) atoms. The van der Waals surface area contributed by atoms with Gasteiger partial charge in [0.2, 0.25) is 5.91 Å². The van der Waals surface area contributed by atoms with E-state index in [-0.39, 0.29) is 11.8 Å². The van der Waals surface area contributed by atoms with Gasteiger partial charge >= 0.3 is 6.09 Å². The highest BCUT2D eigenvalue weighted by atomic mass is 16.6. The Morgan fingerprint density at radius 2 is 1.86 bits per heavy atom. The molecule has 2 rings (SSSR count). The summed E-state index contributed by atoms with van der Waals surface area (Å²) in [5.41, 5.74) is 1.07. The topological polar surface area (TPSA) is 79.9 Å². The van der Waals surface area contributed by atoms with E-state index in [0.717, 1.165) is 30.9 Å². The minimum Gasteiger partial charge on any atom is -0.444 e. The van der Waals surface area contributed by atoms with Crippen molar-refractivity contribution in [2.45, 2.75) is 52.7 Å². The molecule has 2 N–H and O–H groups in total. The van der Waals surface area contributed by atoms with Crippen molar-refractivity contribution in [1.29, 1.82) is 0 Å². The molecule has 0 radical (unpaired) electrons. The fraction of sp³-hybridized carbons (Fsp3) is 0.619. The van der Waals surface area contributed by atoms with Crippen LogP contribution in [0.3, 0.4) is 0 Å². The number of alkyl carbamates (subject to hydrolysis) is 1. The predicted octanol–water partition coefficient (Wildman–Crippen LogP) is 3.40. The number of morpholine rings is 1. The lowest BCUT2D eigenvalue weighted by Gasteiger charge is -2.31. The molecule has 1 heterocycles. The summed E-state index contributed by atoms with van der Waals surface area (Å²) < 4.78 is 10.7. The molecule has 1 aromatic rings. The van der Waals surface area contributed by atoms with E-state index in [9.17, 15) is 9.59 Å². The molecular weight excluding hydrogens is 358 g/mol. The third-order valence-electron chi connectivity index (χ3n) is 4.68. The standard InChI is InChI=1S/C21H33N3O4/c1-6-15(2)18(23-20(26)28-21(3,4)5)19(25)22-16-9-7-8-10-17(16)24-11-13-27-14-12-24/h7-10,15,18H,6,11-14H2,1-5H3,(H,22,25)(H,23,26)/t15-,18-/m0/s1. The zero-order valence-corrected chi connectivity index (χ0v) is 17.6. The van der Waals surface area contributed by atoms with Gasteiger partial charge in [0.15, 0.2) is 0 Å². The number of hydrogen-bond acceptors (Lipinski definition) is 5. The molecule has 2 amide bonds. The molecule has 1 aliphatic heterocycles. The van der Waals surface area contributed by atoms with Crippen molar-refractivity contribution in [3.63, 3.8) is 0 Å². The Hall–Kier alpha value is -2.28. The fourth-order valence-electron chi connectivity index (χ4n) is 3.01. The maximum Gasteiger partial charge on any atom is 0.408 e. The highest BCUT2D eigenvalue weighted by Gasteiger charge is 2.29. The number of nitrogens with one attached hydrogen (secondary N) is 2. The van der Waals surface area contributed by atoms with Crippen LogP contribution in [0.4, 0.5) is 16.2 Å². The molecule has 7 heteroatoms. The summed E-state index contributed by atoms with van der Waals surface area (Å²) in [4.78, 5) is 27.4. The number of hydrogen-bond donors (Lipinski definition) is 2. The van der Waals surface area contributed by atoms with Gasteiger partial charge in [-0.1, -0.05) is 32.4 Å². The second-order valence-electron chi connectivity index (χ2n) is 8.12. The summed E-state index contributed by atoms with van der Waals surface area (Å²) in [6, 6.07) is 7.02. The lowest BCUT2D eigenvalue weighted by Crippen LogP contribution is -2.49. The molecule has 1 saturated heterocycles. The number of carbonyl (C=O) groups excluding carboxylic acids is 2. The molecule has 0 spiro atoms. The van der Waals surface area contributed by atoms with Crippen molar-refractivity contribution in [2.75, 3.05) is 36.5 Å². The first-order chi connectivity index (χ1) is 13.2. The van der Waals surface area contributed by atoms with Crippen LogP contribution in [0.2, 0.25) is 0 Å². The number of para-hydroxylation sites is 2. The van der Waals surface area contributed by atoms with E-state index < -0.39 is 17.7 Å². The number of nitrogens with zero attached hydrogens (tertiary/aromatic N) is 1. The molecule has 2 atom stereocenters. The monoisotopic (exact) mass is 391 g/mol. The highest BCUT2D eigenvalue weighted by molar-refractivity contribution is 5.99. The van der Waals surface area contributed by atoms with Crippen LogP contribution >= 0.6 is 0 Å². The van der Waals surface area contributed by atoms with Gasteiger partial charge in [0.25, 0.3) is 0 Å². The van der Waals surface area contributed by atoms with Crippen molar-refractivity contribution in [2.24, 2.45) is 5.92 Å². The van der Waals surface area contributed by atoms with Crippen LogP contribution in [-0.2, 0) is 14.3 Å². The average Bonchev–Trinajstić information content (AvgIpc) is 2.65. The molecule has 0 aliphatic carbocycles. The Morgan fingerprint density at radius 1 is 1.21 bits per heavy atom. The molecule has 1 fully saturated rings. The van der Waals surface area contributed by atoms with Crippen molar-refractivity contribution in [1.82, 2.24) is 5.32 Å². The quantitative estimate of drug-likeness (QED) is 0.777. The van der Waals surface area contributed by atoms with Crippen molar-refractivity contribution in [3.05, 3.63) is 24.3 Å². The van der Waals surface area contributed by atoms with Gasteiger partial charge in [0.05, 0.1) is 24.6 Å². The molecule has 0 unspecified atom stereocenters. The SMILES string of the molecule is CC[C@H](C)[C@H](NC(=O)OC(C)(C)C)C(=O)Nc1ccccc1N1CCOCC1. The molecule has 1 aliphatic rings. The van der Waals surface area contributed by atoms with E-state index in [4.69, 9.17) is 9.47 Å². The molecule has 7 nitrogen and oxygen atoms in total. The number of anilines is 2. The van der Waals surface area contributed by atoms with E-state index in [1.54, 1.807) is 20.8 Å². The summed E-state index contributed by atoms with van der Waals surface area (Å²) in [6.45, 7) is 12.2. The van der Waals surface area contributed by atoms with E-state index in [1.165, 1.54) is 0 Å². The smallest absolute Gasteiger partial charge is 0.408 e. The third-order valence-corrected chi connectivity index (χ3v) is 4.68. The van der Waals surface area contributed by atoms with Gasteiger partial charge in [-0.3, -0.25) is 4.79 Å². The second-order valence-corrected chi connectivity index (χ2v) is 8.12. The van der Waals surface area contributed by atoms with Crippen LogP contribution in [0, 0.1) is 5.92 Å². The first-order valence-electron chi connectivity index (χ1n) is 9.93. The predicted molar refractivity (Wildman–Crippen MR) is 111 cm³/mol. The van der Waals surface area contributed by atoms with E-state index in [1.807, 2.05) is 38.1 Å². The van der Waals surface area contributed by atoms with Crippen molar-refractivity contribution < 1.29 is 19.1 Å². The van der Waals surface area contributed by atoms with Crippen LogP contribution in [0.15, 0.2) is 24.3 Å². The van der Waals surface area contributed by atoms with Gasteiger partial charge in [-0.05, 0) is 38.8 Å². The molecule has 0 saturated carbocycles. The van der Waals surface area contributed by atoms with Crippen LogP contribution in [-0.4, -0.2) is 49.9 Å². The molecule has 1 aromatic carbocycles. The lowest BCUT2D eigenvalue weighted by atomic mass is 9.98. The lowest BCUT2D eigenvalue weighted by molar-refractivity contribution is -0.119. The van der Waals surface area contributed by atoms with E-state index >= 15 is 0 Å². The van der Waals surface area contributed by atoms with Gasteiger partial charge in [-0.2, -0.15) is 0 Å². The van der Waals surface area contributed by atoms with Crippen molar-refractivity contribution >= 4 is 23.4 Å². The van der Waals surface area contributed by atoms with Gasteiger partial charge in [-0.25, -0.2) is 4.79 Å². The number of carbonyl (C=O) groups is 2. The molecule has 0 bridgehead atoms. The molecular formula is C21H33N3O4. The first kappa shape index (κ1) is 22.0. The second kappa shape index (κ2) is 9.78. The Morgan fingerprint density at radius 3 is 2.46 bits per heavy atom. The zero-order chi connectivity index (χ0) is 20.7. The summed E-state index contributed by atoms with van der Waals surface area (Å²) in [5, 5.41) is 5.74. The van der Waals surface area contributed by atoms with Gasteiger partial charge in [0, 0.05) is 13.1 Å². The van der Waals surface area contributed by atoms with Crippen LogP contribution < -0.4 is 15.5 Å². The van der Waals surface area contributed by atoms with Crippen molar-refractivity contribution in [3.8, 4) is 0 Å². The van der Waals surface area contributed by atoms with E-state index in [2.05, 4.69) is 15.5 Å². The maximum absolute atomic E-state index is 13.0. The van der Waals surface area contributed by atoms with Crippen LogP contribution in [0.1, 0.15) is 41.0 Å². The summed E-state index contributed by atoms with van der Waals surface area (Å²) in [6.07, 6.45) is 0.160. The number of rotatable bonds is 6. The van der Waals surface area contributed by atoms with Gasteiger partial charge < -0.3 is 25.0 Å². The highest BCUT2D eigenvalue weighted by Crippen LogP contribution is 2.27. The largest absolute Gasteiger partial charge is 0.444 e. The summed E-state index contributed by atoms with van der Waals surface area (Å²) >= 11 is 0. The Kier molecular flexibility index (Phi) is 7.69. The Labute approximate surface area is 167 Å². The number of amides is 2. The van der Waals surface area contributed by atoms with Crippen LogP contribution in [0.5, 0.6) is 0 Å². The third kappa shape index (κ3) is 6.41. The minimum absolute atomic E-state index is 0.0388. The fourth-order valence-corrected chi connectivity index (χ4v) is 3.01. The maximum atomic E-state index is 13.0. The van der Waals surface area contributed by atoms with Gasteiger partial charge in [-0.15, -0.1) is 0 Å². The number of ether oxygens (including phenoxy) is 2. The normalized spacial score (nSPS) is 16.8. The number of benzene rings is 1. The summed E-state index contributed by atoms with van der Waals surface area (Å²) in [5.74, 6) is -0.288. The van der Waals surface area contributed by atoms with Gasteiger partial charge in [0.1, 0.15) is 11.6 Å². The Balaban J connectivity index is 2.14. The zero-order valence-electron chi connectivity index (χ0n) is 17.6. The van der Waals surface area contributed by atoms with E-state index in [0.29, 0.717) is 13.2 Å². The molecule has 156 valence electrons. The molecule has 0 aromatic heterocycles. The first-order valence-corrected chi connectivity index (χ1v) is 9.93. The summed E-state index contributed by atoms with van der Waals surface area (Å²) in [7, 11) is 0. The average molecular weight is 392 g/mol. The Bertz CT molecular complexity index is 666. The minimum atomic E-state index is -0.683. The van der Waals surface area contributed by atoms with Crippen LogP contribution in [0.25, 0.3) is 0 Å².